The van der Waals surface area contributed by atoms with Crippen molar-refractivity contribution in [2.75, 3.05) is 46.1 Å². The summed E-state index contributed by atoms with van der Waals surface area (Å²) in [5.41, 5.74) is 6.72. The van der Waals surface area contributed by atoms with E-state index >= 15 is 0 Å². The minimum Gasteiger partial charge on any atom is -0.497 e. The highest BCUT2D eigenvalue weighted by molar-refractivity contribution is 5.99. The molecular weight excluding hydrogens is 274 g/mol. The molecule has 0 unspecified atom stereocenters. The molecule has 7 heteroatoms. The van der Waals surface area contributed by atoms with Gasteiger partial charge in [-0.2, -0.15) is 0 Å². The summed E-state index contributed by atoms with van der Waals surface area (Å²) in [7, 11) is 2.89. The molecule has 0 radical (unpaired) electrons. The van der Waals surface area contributed by atoms with Crippen molar-refractivity contribution in [3.05, 3.63) is 23.8 Å². The van der Waals surface area contributed by atoms with Crippen LogP contribution in [0.25, 0.3) is 0 Å². The van der Waals surface area contributed by atoms with Crippen LogP contribution < -0.4 is 10.5 Å². The van der Waals surface area contributed by atoms with E-state index in [1.54, 1.807) is 35.1 Å². The molecule has 21 heavy (non-hydrogen) atoms. The van der Waals surface area contributed by atoms with Crippen LogP contribution in [0.5, 0.6) is 5.75 Å². The maximum absolute atomic E-state index is 12.4. The number of ether oxygens (including phenoxy) is 2. The SMILES string of the molecule is COC(=O)N1CCN(C(=O)c2ccc(OC)cc2N)CC1. The Hall–Kier alpha value is -2.44. The molecule has 2 amide bonds. The molecule has 0 bridgehead atoms. The number of benzene rings is 1. The van der Waals surface area contributed by atoms with Gasteiger partial charge in [0.1, 0.15) is 5.75 Å². The average Bonchev–Trinajstić information content (AvgIpc) is 2.53. The Morgan fingerprint density at radius 1 is 1.10 bits per heavy atom. The Morgan fingerprint density at radius 3 is 2.24 bits per heavy atom. The van der Waals surface area contributed by atoms with E-state index < -0.39 is 0 Å². The molecule has 0 aliphatic carbocycles. The molecule has 0 spiro atoms. The second-order valence-corrected chi connectivity index (χ2v) is 4.70. The smallest absolute Gasteiger partial charge is 0.409 e. The first-order valence-electron chi connectivity index (χ1n) is 6.62. The Bertz CT molecular complexity index is 539. The summed E-state index contributed by atoms with van der Waals surface area (Å²) >= 11 is 0. The summed E-state index contributed by atoms with van der Waals surface area (Å²) in [5, 5.41) is 0. The summed E-state index contributed by atoms with van der Waals surface area (Å²) in [6.45, 7) is 1.82. The maximum Gasteiger partial charge on any atom is 0.409 e. The first-order valence-corrected chi connectivity index (χ1v) is 6.62. The molecule has 7 nitrogen and oxygen atoms in total. The Balaban J connectivity index is 2.03. The predicted octanol–water partition coefficient (Wildman–Crippen LogP) is 0.802. The Kier molecular flexibility index (Phi) is 4.52. The molecule has 1 saturated heterocycles. The van der Waals surface area contributed by atoms with Crippen LogP contribution in [0.2, 0.25) is 0 Å². The number of rotatable bonds is 2. The van der Waals surface area contributed by atoms with Gasteiger partial charge >= 0.3 is 6.09 Å². The molecule has 1 heterocycles. The van der Waals surface area contributed by atoms with Crippen LogP contribution in [0.3, 0.4) is 0 Å². The lowest BCUT2D eigenvalue weighted by atomic mass is 10.1. The first-order chi connectivity index (χ1) is 10.1. The number of anilines is 1. The largest absolute Gasteiger partial charge is 0.497 e. The van der Waals surface area contributed by atoms with Crippen molar-refractivity contribution in [2.24, 2.45) is 0 Å². The van der Waals surface area contributed by atoms with E-state index in [-0.39, 0.29) is 12.0 Å². The lowest BCUT2D eigenvalue weighted by Crippen LogP contribution is -2.50. The molecule has 1 aliphatic rings. The van der Waals surface area contributed by atoms with Crippen molar-refractivity contribution in [3.8, 4) is 5.75 Å². The van der Waals surface area contributed by atoms with Gasteiger partial charge < -0.3 is 25.0 Å². The van der Waals surface area contributed by atoms with E-state index in [9.17, 15) is 9.59 Å². The molecule has 1 fully saturated rings. The van der Waals surface area contributed by atoms with Gasteiger partial charge in [-0.1, -0.05) is 0 Å². The quantitative estimate of drug-likeness (QED) is 0.815. The molecule has 1 aliphatic heterocycles. The minimum absolute atomic E-state index is 0.139. The highest BCUT2D eigenvalue weighted by Gasteiger charge is 2.26. The van der Waals surface area contributed by atoms with Crippen LogP contribution >= 0.6 is 0 Å². The summed E-state index contributed by atoms with van der Waals surface area (Å²) < 4.78 is 9.73. The number of nitrogens with zero attached hydrogens (tertiary/aromatic N) is 2. The highest BCUT2D eigenvalue weighted by atomic mass is 16.5. The number of nitrogen functional groups attached to an aromatic ring is 1. The van der Waals surface area contributed by atoms with Crippen LogP contribution in [0.15, 0.2) is 18.2 Å². The van der Waals surface area contributed by atoms with Gasteiger partial charge in [0.25, 0.3) is 5.91 Å². The van der Waals surface area contributed by atoms with Crippen molar-refractivity contribution in [2.45, 2.75) is 0 Å². The monoisotopic (exact) mass is 293 g/mol. The van der Waals surface area contributed by atoms with Gasteiger partial charge in [-0.05, 0) is 12.1 Å². The Morgan fingerprint density at radius 2 is 1.71 bits per heavy atom. The average molecular weight is 293 g/mol. The van der Waals surface area contributed by atoms with Crippen LogP contribution in [-0.4, -0.2) is 62.2 Å². The topological polar surface area (TPSA) is 85.1 Å². The van der Waals surface area contributed by atoms with Crippen molar-refractivity contribution in [1.29, 1.82) is 0 Å². The fourth-order valence-electron chi connectivity index (χ4n) is 2.25. The summed E-state index contributed by atoms with van der Waals surface area (Å²) in [4.78, 5) is 27.1. The summed E-state index contributed by atoms with van der Waals surface area (Å²) in [6, 6.07) is 4.98. The molecular formula is C14H19N3O4. The van der Waals surface area contributed by atoms with Crippen LogP contribution in [0, 0.1) is 0 Å². The van der Waals surface area contributed by atoms with Crippen molar-refractivity contribution in [3.63, 3.8) is 0 Å². The highest BCUT2D eigenvalue weighted by Crippen LogP contribution is 2.21. The number of hydrogen-bond donors (Lipinski definition) is 1. The van der Waals surface area contributed by atoms with Crippen molar-refractivity contribution < 1.29 is 19.1 Å². The van der Waals surface area contributed by atoms with Crippen molar-refractivity contribution >= 4 is 17.7 Å². The zero-order valence-corrected chi connectivity index (χ0v) is 12.2. The minimum atomic E-state index is -0.369. The third kappa shape index (κ3) is 3.18. The molecule has 2 N–H and O–H groups in total. The third-order valence-electron chi connectivity index (χ3n) is 3.49. The third-order valence-corrected chi connectivity index (χ3v) is 3.49. The zero-order valence-electron chi connectivity index (χ0n) is 12.2. The summed E-state index contributed by atoms with van der Waals surface area (Å²) in [5.74, 6) is 0.472. The van der Waals surface area contributed by atoms with Crippen molar-refractivity contribution in [1.82, 2.24) is 9.80 Å². The van der Waals surface area contributed by atoms with E-state index in [1.807, 2.05) is 0 Å². The van der Waals surface area contributed by atoms with Gasteiger partial charge in [-0.15, -0.1) is 0 Å². The molecule has 0 saturated carbocycles. The number of methoxy groups -OCH3 is 2. The van der Waals surface area contributed by atoms with Crippen LogP contribution in [0.4, 0.5) is 10.5 Å². The normalized spacial score (nSPS) is 14.8. The summed E-state index contributed by atoms with van der Waals surface area (Å²) in [6.07, 6.45) is -0.369. The number of hydrogen-bond acceptors (Lipinski definition) is 5. The first kappa shape index (κ1) is 15.0. The second-order valence-electron chi connectivity index (χ2n) is 4.70. The van der Waals surface area contributed by atoms with Crippen LogP contribution in [-0.2, 0) is 4.74 Å². The van der Waals surface area contributed by atoms with Gasteiger partial charge in [0.05, 0.1) is 19.8 Å². The lowest BCUT2D eigenvalue weighted by Gasteiger charge is -2.34. The predicted molar refractivity (Wildman–Crippen MR) is 77.3 cm³/mol. The van der Waals surface area contributed by atoms with E-state index in [4.69, 9.17) is 10.5 Å². The van der Waals surface area contributed by atoms with Gasteiger partial charge in [0.15, 0.2) is 0 Å². The number of carbonyl (C=O) groups is 2. The second kappa shape index (κ2) is 6.34. The van der Waals surface area contributed by atoms with Gasteiger partial charge in [-0.3, -0.25) is 4.79 Å². The fourth-order valence-corrected chi connectivity index (χ4v) is 2.25. The van der Waals surface area contributed by atoms with E-state index in [2.05, 4.69) is 4.74 Å². The number of nitrogens with two attached hydrogens (primary N) is 1. The van der Waals surface area contributed by atoms with Gasteiger partial charge in [0, 0.05) is 37.9 Å². The van der Waals surface area contributed by atoms with Crippen LogP contribution in [0.1, 0.15) is 10.4 Å². The number of amides is 2. The molecule has 2 rings (SSSR count). The van der Waals surface area contributed by atoms with E-state index in [0.717, 1.165) is 0 Å². The number of carbonyl (C=O) groups excluding carboxylic acids is 2. The zero-order chi connectivity index (χ0) is 15.4. The molecule has 0 aromatic heterocycles. The van der Waals surface area contributed by atoms with Gasteiger partial charge in [0.2, 0.25) is 0 Å². The molecule has 1 aromatic rings. The molecule has 0 atom stereocenters. The van der Waals surface area contributed by atoms with Gasteiger partial charge in [-0.25, -0.2) is 4.79 Å². The van der Waals surface area contributed by atoms with E-state index in [0.29, 0.717) is 43.2 Å². The number of piperazine rings is 1. The van der Waals surface area contributed by atoms with E-state index in [1.165, 1.54) is 7.11 Å². The lowest BCUT2D eigenvalue weighted by molar-refractivity contribution is 0.0600. The Labute approximate surface area is 123 Å². The molecule has 114 valence electrons. The maximum atomic E-state index is 12.4. The fraction of sp³-hybridized carbons (Fsp3) is 0.429. The molecule has 1 aromatic carbocycles. The standard InChI is InChI=1S/C14H19N3O4/c1-20-10-3-4-11(12(15)9-10)13(18)16-5-7-17(8-6-16)14(19)21-2/h3-4,9H,5-8,15H2,1-2H3.